The van der Waals surface area contributed by atoms with Crippen molar-refractivity contribution >= 4 is 41.0 Å². The van der Waals surface area contributed by atoms with Gasteiger partial charge in [0, 0.05) is 24.3 Å². The second-order valence-electron chi connectivity index (χ2n) is 5.53. The first-order valence-corrected chi connectivity index (χ1v) is 9.17. The molecular formula is C16H22N4O3S. The highest BCUT2D eigenvalue weighted by atomic mass is 32.2. The van der Waals surface area contributed by atoms with Crippen LogP contribution in [0.1, 0.15) is 19.3 Å². The number of nitrogens with zero attached hydrogens (tertiary/aromatic N) is 1. The van der Waals surface area contributed by atoms with Crippen molar-refractivity contribution in [3.63, 3.8) is 0 Å². The van der Waals surface area contributed by atoms with Gasteiger partial charge in [0.2, 0.25) is 11.8 Å². The number of anilines is 2. The first kappa shape index (κ1) is 18.1. The van der Waals surface area contributed by atoms with Crippen molar-refractivity contribution in [2.75, 3.05) is 28.8 Å². The molecule has 1 aromatic carbocycles. The van der Waals surface area contributed by atoms with Crippen LogP contribution >= 0.6 is 11.8 Å². The average Bonchev–Trinajstić information content (AvgIpc) is 2.97. The van der Waals surface area contributed by atoms with Gasteiger partial charge in [-0.25, -0.2) is 4.79 Å². The smallest absolute Gasteiger partial charge is 0.312 e. The minimum atomic E-state index is -0.729. The Hall–Kier alpha value is -2.22. The Labute approximate surface area is 145 Å². The van der Waals surface area contributed by atoms with Crippen LogP contribution in [0, 0.1) is 0 Å². The standard InChI is InChI=1S/C16H22N4O3S/c1-24-9-7-13(19-16(17)23)15(22)18-11-4-2-5-12(10-11)20-8-3-6-14(20)21/h2,4-5,10,13H,3,6-9H2,1H3,(H,18,22)(H3,17,19,23). The van der Waals surface area contributed by atoms with Crippen LogP contribution in [-0.2, 0) is 9.59 Å². The van der Waals surface area contributed by atoms with Crippen LogP contribution in [0.4, 0.5) is 16.2 Å². The van der Waals surface area contributed by atoms with E-state index in [2.05, 4.69) is 10.6 Å². The van der Waals surface area contributed by atoms with Gasteiger partial charge in [-0.1, -0.05) is 6.07 Å². The minimum Gasteiger partial charge on any atom is -0.352 e. The van der Waals surface area contributed by atoms with Gasteiger partial charge in [0.25, 0.3) is 0 Å². The lowest BCUT2D eigenvalue weighted by atomic mass is 10.2. The summed E-state index contributed by atoms with van der Waals surface area (Å²) in [5, 5.41) is 5.24. The Bertz CT molecular complexity index is 623. The van der Waals surface area contributed by atoms with E-state index in [9.17, 15) is 14.4 Å². The summed E-state index contributed by atoms with van der Waals surface area (Å²) < 4.78 is 0. The van der Waals surface area contributed by atoms with Gasteiger partial charge in [0.1, 0.15) is 6.04 Å². The molecule has 0 spiro atoms. The van der Waals surface area contributed by atoms with E-state index in [1.165, 1.54) is 0 Å². The summed E-state index contributed by atoms with van der Waals surface area (Å²) in [6.45, 7) is 0.690. The van der Waals surface area contributed by atoms with Gasteiger partial charge in [-0.15, -0.1) is 0 Å². The maximum absolute atomic E-state index is 12.4. The molecule has 130 valence electrons. The predicted molar refractivity (Wildman–Crippen MR) is 96.2 cm³/mol. The van der Waals surface area contributed by atoms with Crippen molar-refractivity contribution in [3.05, 3.63) is 24.3 Å². The van der Waals surface area contributed by atoms with E-state index in [-0.39, 0.29) is 11.8 Å². The Morgan fingerprint density at radius 3 is 2.83 bits per heavy atom. The molecule has 0 aliphatic carbocycles. The van der Waals surface area contributed by atoms with Crippen LogP contribution in [0.15, 0.2) is 24.3 Å². The largest absolute Gasteiger partial charge is 0.352 e. The summed E-state index contributed by atoms with van der Waals surface area (Å²) in [6, 6.07) is 5.72. The lowest BCUT2D eigenvalue weighted by Gasteiger charge is -2.19. The fourth-order valence-electron chi connectivity index (χ4n) is 2.58. The summed E-state index contributed by atoms with van der Waals surface area (Å²) in [5.74, 6) is 0.486. The fourth-order valence-corrected chi connectivity index (χ4v) is 3.05. The number of urea groups is 1. The number of amides is 4. The molecule has 7 nitrogen and oxygen atoms in total. The summed E-state index contributed by atoms with van der Waals surface area (Å²) >= 11 is 1.58. The molecule has 4 amide bonds. The van der Waals surface area contributed by atoms with Gasteiger partial charge >= 0.3 is 6.03 Å². The Morgan fingerprint density at radius 2 is 2.21 bits per heavy atom. The highest BCUT2D eigenvalue weighted by Gasteiger charge is 2.23. The number of benzene rings is 1. The van der Waals surface area contributed by atoms with Crippen molar-refractivity contribution in [2.24, 2.45) is 5.73 Å². The van der Waals surface area contributed by atoms with E-state index < -0.39 is 12.1 Å². The number of nitrogens with two attached hydrogens (primary N) is 1. The van der Waals surface area contributed by atoms with Crippen molar-refractivity contribution in [1.29, 1.82) is 0 Å². The second-order valence-corrected chi connectivity index (χ2v) is 6.52. The molecule has 0 radical (unpaired) electrons. The third-order valence-electron chi connectivity index (χ3n) is 3.74. The lowest BCUT2D eigenvalue weighted by molar-refractivity contribution is -0.118. The number of hydrogen-bond acceptors (Lipinski definition) is 4. The van der Waals surface area contributed by atoms with E-state index in [1.807, 2.05) is 12.3 Å². The number of carbonyl (C=O) groups excluding carboxylic acids is 3. The van der Waals surface area contributed by atoms with Crippen LogP contribution < -0.4 is 21.3 Å². The Kier molecular flexibility index (Phi) is 6.48. The number of rotatable bonds is 7. The van der Waals surface area contributed by atoms with Crippen molar-refractivity contribution in [1.82, 2.24) is 5.32 Å². The van der Waals surface area contributed by atoms with Gasteiger partial charge in [-0.2, -0.15) is 11.8 Å². The van der Waals surface area contributed by atoms with E-state index in [0.717, 1.165) is 17.9 Å². The van der Waals surface area contributed by atoms with E-state index >= 15 is 0 Å². The quantitative estimate of drug-likeness (QED) is 0.694. The zero-order valence-electron chi connectivity index (χ0n) is 13.6. The summed E-state index contributed by atoms with van der Waals surface area (Å²) in [4.78, 5) is 37.0. The summed E-state index contributed by atoms with van der Waals surface area (Å²) in [7, 11) is 0. The number of thioether (sulfide) groups is 1. The number of hydrogen-bond donors (Lipinski definition) is 3. The third-order valence-corrected chi connectivity index (χ3v) is 4.39. The third kappa shape index (κ3) is 4.89. The summed E-state index contributed by atoms with van der Waals surface area (Å²) in [5.41, 5.74) is 6.48. The first-order valence-electron chi connectivity index (χ1n) is 7.77. The molecule has 1 atom stereocenters. The molecule has 2 rings (SSSR count). The molecule has 4 N–H and O–H groups in total. The molecule has 0 bridgehead atoms. The number of nitrogens with one attached hydrogen (secondary N) is 2. The van der Waals surface area contributed by atoms with Gasteiger partial charge in [-0.3, -0.25) is 9.59 Å². The molecule has 24 heavy (non-hydrogen) atoms. The maximum Gasteiger partial charge on any atom is 0.312 e. The molecule has 0 aromatic heterocycles. The van der Waals surface area contributed by atoms with Crippen LogP contribution in [-0.4, -0.2) is 42.4 Å². The SMILES string of the molecule is CSCCC(NC(N)=O)C(=O)Nc1cccc(N2CCCC2=O)c1. The molecular weight excluding hydrogens is 328 g/mol. The topological polar surface area (TPSA) is 105 Å². The second kappa shape index (κ2) is 8.58. The highest BCUT2D eigenvalue weighted by molar-refractivity contribution is 7.98. The zero-order chi connectivity index (χ0) is 17.5. The normalized spacial score (nSPS) is 15.2. The van der Waals surface area contributed by atoms with Gasteiger partial charge in [0.05, 0.1) is 0 Å². The van der Waals surface area contributed by atoms with Crippen LogP contribution in [0.2, 0.25) is 0 Å². The van der Waals surface area contributed by atoms with E-state index in [4.69, 9.17) is 5.73 Å². The minimum absolute atomic E-state index is 0.0896. The van der Waals surface area contributed by atoms with Crippen molar-refractivity contribution in [3.8, 4) is 0 Å². The zero-order valence-corrected chi connectivity index (χ0v) is 14.4. The Morgan fingerprint density at radius 1 is 1.42 bits per heavy atom. The van der Waals surface area contributed by atoms with Gasteiger partial charge < -0.3 is 21.3 Å². The number of primary amides is 1. The van der Waals surface area contributed by atoms with Gasteiger partial charge in [-0.05, 0) is 43.0 Å². The van der Waals surface area contributed by atoms with E-state index in [0.29, 0.717) is 25.1 Å². The molecule has 1 fully saturated rings. The first-order chi connectivity index (χ1) is 11.5. The van der Waals surface area contributed by atoms with Crippen LogP contribution in [0.5, 0.6) is 0 Å². The highest BCUT2D eigenvalue weighted by Crippen LogP contribution is 2.24. The van der Waals surface area contributed by atoms with Gasteiger partial charge in [0.15, 0.2) is 0 Å². The fraction of sp³-hybridized carbons (Fsp3) is 0.438. The van der Waals surface area contributed by atoms with Crippen LogP contribution in [0.3, 0.4) is 0 Å². The molecule has 1 unspecified atom stereocenters. The maximum atomic E-state index is 12.4. The molecule has 8 heteroatoms. The lowest BCUT2D eigenvalue weighted by Crippen LogP contribution is -2.46. The monoisotopic (exact) mass is 350 g/mol. The molecule has 1 aliphatic heterocycles. The van der Waals surface area contributed by atoms with Crippen LogP contribution in [0.25, 0.3) is 0 Å². The summed E-state index contributed by atoms with van der Waals surface area (Å²) in [6.07, 6.45) is 3.81. The average molecular weight is 350 g/mol. The van der Waals surface area contributed by atoms with Crippen molar-refractivity contribution < 1.29 is 14.4 Å². The number of carbonyl (C=O) groups is 3. The predicted octanol–water partition coefficient (Wildman–Crippen LogP) is 1.54. The molecule has 1 saturated heterocycles. The van der Waals surface area contributed by atoms with E-state index in [1.54, 1.807) is 34.9 Å². The molecule has 1 aliphatic rings. The molecule has 0 saturated carbocycles. The molecule has 1 heterocycles. The Balaban J connectivity index is 2.06. The molecule has 1 aromatic rings. The van der Waals surface area contributed by atoms with Crippen molar-refractivity contribution in [2.45, 2.75) is 25.3 Å².